The van der Waals surface area contributed by atoms with Gasteiger partial charge >= 0.3 is 6.18 Å². The number of ether oxygens (including phenoxy) is 1. The van der Waals surface area contributed by atoms with E-state index in [0.29, 0.717) is 44.4 Å². The Morgan fingerprint density at radius 1 is 0.927 bits per heavy atom. The standard InChI is InChI=1S/C30H22F3N5OS2/c1-18(2)21-11-22(13-24(12-21)30(31,32)33)20-3-5-28(26(15-20)19-7-9-35-10-8-19)39-27-6-4-25(14-23(27)16-34)40-38-29-36-17-37-41-29/h3-15,17-18H,1-2H3,(H,36,37,38). The summed E-state index contributed by atoms with van der Waals surface area (Å²) in [5, 5.41) is 10.5. The predicted octanol–water partition coefficient (Wildman–Crippen LogP) is 9.19. The fraction of sp³-hybridized carbons (Fsp3) is 0.133. The highest BCUT2D eigenvalue weighted by atomic mass is 32.2. The van der Waals surface area contributed by atoms with Gasteiger partial charge in [-0.25, -0.2) is 4.98 Å². The van der Waals surface area contributed by atoms with Crippen LogP contribution in [0.4, 0.5) is 18.3 Å². The normalized spacial score (nSPS) is 11.3. The van der Waals surface area contributed by atoms with Gasteiger partial charge in [-0.2, -0.15) is 22.8 Å². The van der Waals surface area contributed by atoms with Crippen LogP contribution in [-0.2, 0) is 6.18 Å². The molecule has 2 heterocycles. The molecule has 0 bridgehead atoms. The van der Waals surface area contributed by atoms with Crippen LogP contribution in [0.25, 0.3) is 22.3 Å². The Hall–Kier alpha value is -4.40. The van der Waals surface area contributed by atoms with Crippen LogP contribution >= 0.6 is 23.5 Å². The van der Waals surface area contributed by atoms with E-state index in [1.165, 1.54) is 35.9 Å². The molecule has 11 heteroatoms. The van der Waals surface area contributed by atoms with Crippen LogP contribution < -0.4 is 9.46 Å². The smallest absolute Gasteiger partial charge is 0.416 e. The number of benzene rings is 3. The van der Waals surface area contributed by atoms with Gasteiger partial charge in [0, 0.05) is 34.4 Å². The maximum atomic E-state index is 13.7. The minimum atomic E-state index is -4.47. The third kappa shape index (κ3) is 6.67. The summed E-state index contributed by atoms with van der Waals surface area (Å²) in [4.78, 5) is 8.93. The second-order valence-electron chi connectivity index (χ2n) is 9.27. The van der Waals surface area contributed by atoms with E-state index in [1.807, 2.05) is 19.9 Å². The topological polar surface area (TPSA) is 83.7 Å². The number of alkyl halides is 3. The molecule has 5 aromatic rings. The number of rotatable bonds is 8. The molecule has 6 nitrogen and oxygen atoms in total. The number of hydrogen-bond donors (Lipinski definition) is 1. The summed E-state index contributed by atoms with van der Waals surface area (Å²) >= 11 is 2.51. The predicted molar refractivity (Wildman–Crippen MR) is 155 cm³/mol. The molecule has 0 atom stereocenters. The van der Waals surface area contributed by atoms with Crippen molar-refractivity contribution in [3.8, 4) is 39.8 Å². The molecule has 0 spiro atoms. The largest absolute Gasteiger partial charge is 0.455 e. The average molecular weight is 590 g/mol. The molecule has 0 saturated carbocycles. The lowest BCUT2D eigenvalue weighted by Crippen LogP contribution is -2.06. The van der Waals surface area contributed by atoms with Crippen molar-refractivity contribution in [2.45, 2.75) is 30.8 Å². The molecule has 0 fully saturated rings. The lowest BCUT2D eigenvalue weighted by molar-refractivity contribution is -0.137. The Balaban J connectivity index is 1.53. The zero-order valence-corrected chi connectivity index (χ0v) is 23.4. The second kappa shape index (κ2) is 12.0. The van der Waals surface area contributed by atoms with Crippen LogP contribution in [0.2, 0.25) is 0 Å². The van der Waals surface area contributed by atoms with Gasteiger partial charge in [0.15, 0.2) is 0 Å². The van der Waals surface area contributed by atoms with Crippen molar-refractivity contribution < 1.29 is 17.9 Å². The fourth-order valence-electron chi connectivity index (χ4n) is 4.06. The van der Waals surface area contributed by atoms with Gasteiger partial charge in [-0.15, -0.1) is 0 Å². The Labute approximate surface area is 243 Å². The molecule has 0 aliphatic rings. The molecule has 206 valence electrons. The molecule has 2 aromatic heterocycles. The molecule has 1 N–H and O–H groups in total. The summed E-state index contributed by atoms with van der Waals surface area (Å²) in [6, 6.07) is 20.4. The summed E-state index contributed by atoms with van der Waals surface area (Å²) in [5.41, 5.74) is 2.69. The Kier molecular flexibility index (Phi) is 8.23. The van der Waals surface area contributed by atoms with Gasteiger partial charge in [0.05, 0.1) is 11.1 Å². The van der Waals surface area contributed by atoms with E-state index in [2.05, 4.69) is 25.1 Å². The average Bonchev–Trinajstić information content (AvgIpc) is 3.50. The zero-order valence-electron chi connectivity index (χ0n) is 21.8. The molecule has 0 saturated heterocycles. The van der Waals surface area contributed by atoms with Crippen LogP contribution in [-0.4, -0.2) is 14.3 Å². The number of halogens is 3. The summed E-state index contributed by atoms with van der Waals surface area (Å²) in [5.74, 6) is 0.703. The van der Waals surface area contributed by atoms with Crippen molar-refractivity contribution in [3.05, 3.63) is 102 Å². The van der Waals surface area contributed by atoms with Gasteiger partial charge in [-0.3, -0.25) is 4.98 Å². The Morgan fingerprint density at radius 3 is 2.39 bits per heavy atom. The minimum absolute atomic E-state index is 0.0858. The third-order valence-electron chi connectivity index (χ3n) is 6.16. The first-order chi connectivity index (χ1) is 19.7. The highest BCUT2D eigenvalue weighted by Gasteiger charge is 2.31. The van der Waals surface area contributed by atoms with Crippen molar-refractivity contribution >= 4 is 28.6 Å². The summed E-state index contributed by atoms with van der Waals surface area (Å²) in [6.07, 6.45) is 0.240. The van der Waals surface area contributed by atoms with Crippen molar-refractivity contribution in [3.63, 3.8) is 0 Å². The van der Waals surface area contributed by atoms with E-state index < -0.39 is 11.7 Å². The Morgan fingerprint density at radius 2 is 1.71 bits per heavy atom. The van der Waals surface area contributed by atoms with E-state index in [4.69, 9.17) is 4.74 Å². The molecule has 5 rings (SSSR count). The van der Waals surface area contributed by atoms with E-state index >= 15 is 0 Å². The van der Waals surface area contributed by atoms with E-state index in [9.17, 15) is 18.4 Å². The molecule has 41 heavy (non-hydrogen) atoms. The third-order valence-corrected chi connectivity index (χ3v) is 7.66. The highest BCUT2D eigenvalue weighted by molar-refractivity contribution is 8.00. The summed E-state index contributed by atoms with van der Waals surface area (Å²) < 4.78 is 54.5. The number of anilines is 1. The first kappa shape index (κ1) is 28.1. The van der Waals surface area contributed by atoms with Crippen molar-refractivity contribution in [2.75, 3.05) is 4.72 Å². The van der Waals surface area contributed by atoms with Gasteiger partial charge in [0.25, 0.3) is 0 Å². The highest BCUT2D eigenvalue weighted by Crippen LogP contribution is 2.40. The van der Waals surface area contributed by atoms with Crippen LogP contribution in [0.1, 0.15) is 36.5 Å². The van der Waals surface area contributed by atoms with Crippen molar-refractivity contribution in [1.29, 1.82) is 5.26 Å². The van der Waals surface area contributed by atoms with Crippen LogP contribution in [0.5, 0.6) is 11.5 Å². The molecule has 0 amide bonds. The lowest BCUT2D eigenvalue weighted by atomic mass is 9.92. The number of aromatic nitrogens is 3. The molecule has 0 radical (unpaired) electrons. The summed E-state index contributed by atoms with van der Waals surface area (Å²) in [7, 11) is 0. The van der Waals surface area contributed by atoms with Gasteiger partial charge in [0.1, 0.15) is 23.9 Å². The van der Waals surface area contributed by atoms with E-state index in [-0.39, 0.29) is 5.92 Å². The van der Waals surface area contributed by atoms with Crippen molar-refractivity contribution in [2.24, 2.45) is 0 Å². The number of hydrogen-bond acceptors (Lipinski definition) is 8. The van der Waals surface area contributed by atoms with E-state index in [0.717, 1.165) is 16.5 Å². The number of nitriles is 1. The van der Waals surface area contributed by atoms with E-state index in [1.54, 1.807) is 60.9 Å². The quantitative estimate of drug-likeness (QED) is 0.181. The monoisotopic (exact) mass is 589 g/mol. The van der Waals surface area contributed by atoms with Gasteiger partial charge in [-0.05, 0) is 94.7 Å². The van der Waals surface area contributed by atoms with Gasteiger partial charge in [-0.1, -0.05) is 26.0 Å². The van der Waals surface area contributed by atoms with Gasteiger partial charge < -0.3 is 9.46 Å². The SMILES string of the molecule is CC(C)c1cc(-c2ccc(Oc3ccc(SNc4ncns4)cc3C#N)c(-c3ccncc3)c2)cc(C(F)(F)F)c1. The molecular formula is C30H22F3N5OS2. The fourth-order valence-corrected chi connectivity index (χ4v) is 5.19. The maximum absolute atomic E-state index is 13.7. The molecule has 0 aliphatic carbocycles. The zero-order chi connectivity index (χ0) is 29.0. The lowest BCUT2D eigenvalue weighted by Gasteiger charge is -2.17. The number of nitrogens with zero attached hydrogens (tertiary/aromatic N) is 4. The second-order valence-corrected chi connectivity index (χ2v) is 10.9. The van der Waals surface area contributed by atoms with Crippen LogP contribution in [0, 0.1) is 11.3 Å². The summed E-state index contributed by atoms with van der Waals surface area (Å²) in [6.45, 7) is 3.73. The molecular weight excluding hydrogens is 567 g/mol. The number of nitrogens with one attached hydrogen (secondary N) is 1. The molecule has 0 aliphatic heterocycles. The minimum Gasteiger partial charge on any atom is -0.455 e. The Bertz CT molecular complexity index is 1700. The first-order valence-electron chi connectivity index (χ1n) is 12.4. The van der Waals surface area contributed by atoms with Gasteiger partial charge in [0.2, 0.25) is 5.13 Å². The number of pyridine rings is 1. The van der Waals surface area contributed by atoms with Crippen molar-refractivity contribution in [1.82, 2.24) is 14.3 Å². The molecule has 3 aromatic carbocycles. The molecule has 0 unspecified atom stereocenters. The maximum Gasteiger partial charge on any atom is 0.416 e. The van der Waals surface area contributed by atoms with Crippen LogP contribution in [0.15, 0.2) is 90.3 Å². The first-order valence-corrected chi connectivity index (χ1v) is 14.0. The van der Waals surface area contributed by atoms with Crippen LogP contribution in [0.3, 0.4) is 0 Å².